The first-order valence-corrected chi connectivity index (χ1v) is 9.15. The third-order valence-electron chi connectivity index (χ3n) is 4.17. The van der Waals surface area contributed by atoms with Gasteiger partial charge in [-0.25, -0.2) is 4.98 Å². The summed E-state index contributed by atoms with van der Waals surface area (Å²) in [6.45, 7) is 2.89. The van der Waals surface area contributed by atoms with Gasteiger partial charge in [-0.1, -0.05) is 37.3 Å². The molecule has 2 atom stereocenters. The van der Waals surface area contributed by atoms with E-state index in [9.17, 15) is 9.90 Å². The smallest absolute Gasteiger partial charge is 0.274 e. The average Bonchev–Trinajstić information content (AvgIpc) is 3.10. The van der Waals surface area contributed by atoms with Gasteiger partial charge in [0.1, 0.15) is 11.8 Å². The summed E-state index contributed by atoms with van der Waals surface area (Å²) < 4.78 is 5.69. The number of aryl methyl sites for hydroxylation is 1. The highest BCUT2D eigenvalue weighted by atomic mass is 32.1. The molecule has 3 rings (SSSR count). The molecule has 1 aliphatic heterocycles. The molecule has 128 valence electrons. The fourth-order valence-electron chi connectivity index (χ4n) is 3.04. The number of carbonyl (C=O) groups is 1. The molecule has 2 heterocycles. The van der Waals surface area contributed by atoms with Crippen LogP contribution in [0.4, 0.5) is 0 Å². The number of hydrogen-bond donors (Lipinski definition) is 1. The lowest BCUT2D eigenvalue weighted by molar-refractivity contribution is -0.0812. The van der Waals surface area contributed by atoms with Gasteiger partial charge in [-0.05, 0) is 18.4 Å². The molecule has 5 nitrogen and oxygen atoms in total. The van der Waals surface area contributed by atoms with Gasteiger partial charge >= 0.3 is 0 Å². The fourth-order valence-corrected chi connectivity index (χ4v) is 3.92. The zero-order valence-corrected chi connectivity index (χ0v) is 14.5. The van der Waals surface area contributed by atoms with Crippen LogP contribution in [0.15, 0.2) is 35.7 Å². The van der Waals surface area contributed by atoms with E-state index in [4.69, 9.17) is 4.74 Å². The molecular formula is C18H22N2O3S. The first-order valence-electron chi connectivity index (χ1n) is 8.27. The Hall–Kier alpha value is -1.76. The topological polar surface area (TPSA) is 62.7 Å². The number of thiazole rings is 1. The predicted octanol–water partition coefficient (Wildman–Crippen LogP) is 2.67. The maximum atomic E-state index is 13.0. The monoisotopic (exact) mass is 346 g/mol. The third-order valence-corrected chi connectivity index (χ3v) is 5.08. The Morgan fingerprint density at radius 3 is 2.92 bits per heavy atom. The van der Waals surface area contributed by atoms with Crippen molar-refractivity contribution in [3.8, 4) is 0 Å². The van der Waals surface area contributed by atoms with Crippen LogP contribution in [-0.4, -0.2) is 46.8 Å². The second kappa shape index (κ2) is 7.88. The quantitative estimate of drug-likeness (QED) is 0.904. The minimum Gasteiger partial charge on any atom is -0.394 e. The van der Waals surface area contributed by atoms with Crippen LogP contribution in [0.1, 0.15) is 40.4 Å². The van der Waals surface area contributed by atoms with E-state index in [1.807, 2.05) is 35.7 Å². The number of ether oxygens (including phenoxy) is 1. The second-order valence-electron chi connectivity index (χ2n) is 5.82. The van der Waals surface area contributed by atoms with Gasteiger partial charge in [0.15, 0.2) is 0 Å². The van der Waals surface area contributed by atoms with Crippen LogP contribution < -0.4 is 0 Å². The lowest BCUT2D eigenvalue weighted by atomic mass is 9.98. The summed E-state index contributed by atoms with van der Waals surface area (Å²) in [4.78, 5) is 19.3. The Balaban J connectivity index is 1.89. The van der Waals surface area contributed by atoms with Crippen LogP contribution in [0.25, 0.3) is 0 Å². The lowest BCUT2D eigenvalue weighted by Gasteiger charge is -2.40. The van der Waals surface area contributed by atoms with Gasteiger partial charge in [-0.15, -0.1) is 11.3 Å². The molecule has 0 saturated carbocycles. The SMILES string of the molecule is CCCc1nc(C(=O)N2CCO[C@H](CO)[C@H]2c2ccccc2)cs1. The van der Waals surface area contributed by atoms with E-state index in [-0.39, 0.29) is 18.6 Å². The maximum Gasteiger partial charge on any atom is 0.274 e. The number of aliphatic hydroxyl groups excluding tert-OH is 1. The summed E-state index contributed by atoms with van der Waals surface area (Å²) in [6.07, 6.45) is 1.49. The summed E-state index contributed by atoms with van der Waals surface area (Å²) in [7, 11) is 0. The molecule has 0 radical (unpaired) electrons. The van der Waals surface area contributed by atoms with Gasteiger partial charge in [-0.2, -0.15) is 0 Å². The molecule has 1 saturated heterocycles. The van der Waals surface area contributed by atoms with E-state index < -0.39 is 6.10 Å². The highest BCUT2D eigenvalue weighted by molar-refractivity contribution is 7.09. The molecule has 1 N–H and O–H groups in total. The van der Waals surface area contributed by atoms with Gasteiger partial charge in [0, 0.05) is 11.9 Å². The molecule has 1 aromatic carbocycles. The molecule has 24 heavy (non-hydrogen) atoms. The van der Waals surface area contributed by atoms with E-state index in [1.54, 1.807) is 4.90 Å². The molecule has 0 spiro atoms. The molecule has 2 aromatic rings. The number of carbonyl (C=O) groups excluding carboxylic acids is 1. The predicted molar refractivity (Wildman–Crippen MR) is 93.2 cm³/mol. The van der Waals surface area contributed by atoms with Crippen molar-refractivity contribution in [3.63, 3.8) is 0 Å². The zero-order valence-electron chi connectivity index (χ0n) is 13.7. The number of aliphatic hydroxyl groups is 1. The molecule has 1 fully saturated rings. The van der Waals surface area contributed by atoms with Crippen molar-refractivity contribution < 1.29 is 14.6 Å². The van der Waals surface area contributed by atoms with Crippen molar-refractivity contribution in [2.24, 2.45) is 0 Å². The largest absolute Gasteiger partial charge is 0.394 e. The zero-order chi connectivity index (χ0) is 16.9. The molecule has 0 aliphatic carbocycles. The van der Waals surface area contributed by atoms with Crippen LogP contribution >= 0.6 is 11.3 Å². The Morgan fingerprint density at radius 2 is 2.21 bits per heavy atom. The maximum absolute atomic E-state index is 13.0. The van der Waals surface area contributed by atoms with Crippen LogP contribution in [0.3, 0.4) is 0 Å². The lowest BCUT2D eigenvalue weighted by Crippen LogP contribution is -2.49. The average molecular weight is 346 g/mol. The van der Waals surface area contributed by atoms with Crippen LogP contribution in [0.5, 0.6) is 0 Å². The van der Waals surface area contributed by atoms with Gasteiger partial charge in [0.05, 0.1) is 24.3 Å². The van der Waals surface area contributed by atoms with Crippen molar-refractivity contribution in [1.82, 2.24) is 9.88 Å². The minimum absolute atomic E-state index is 0.0933. The van der Waals surface area contributed by atoms with E-state index in [2.05, 4.69) is 11.9 Å². The van der Waals surface area contributed by atoms with E-state index in [1.165, 1.54) is 11.3 Å². The molecular weight excluding hydrogens is 324 g/mol. The highest BCUT2D eigenvalue weighted by Crippen LogP contribution is 2.31. The third kappa shape index (κ3) is 3.50. The van der Waals surface area contributed by atoms with Gasteiger partial charge in [-0.3, -0.25) is 4.79 Å². The van der Waals surface area contributed by atoms with E-state index in [0.717, 1.165) is 23.4 Å². The number of aromatic nitrogens is 1. The number of hydrogen-bond acceptors (Lipinski definition) is 5. The normalized spacial score (nSPS) is 21.0. The number of nitrogens with zero attached hydrogens (tertiary/aromatic N) is 2. The molecule has 6 heteroatoms. The molecule has 1 aromatic heterocycles. The molecule has 0 unspecified atom stereocenters. The van der Waals surface area contributed by atoms with Crippen molar-refractivity contribution in [1.29, 1.82) is 0 Å². The van der Waals surface area contributed by atoms with Crippen LogP contribution in [-0.2, 0) is 11.2 Å². The molecule has 1 aliphatic rings. The minimum atomic E-state index is -0.418. The second-order valence-corrected chi connectivity index (χ2v) is 6.77. The Morgan fingerprint density at radius 1 is 1.42 bits per heavy atom. The number of morpholine rings is 1. The standard InChI is InChI=1S/C18H22N2O3S/c1-2-6-16-19-14(12-24-16)18(22)20-9-10-23-15(11-21)17(20)13-7-4-3-5-8-13/h3-5,7-8,12,15,17,21H,2,6,9-11H2,1H3/t15-,17-/m1/s1. The summed E-state index contributed by atoms with van der Waals surface area (Å²) >= 11 is 1.53. The van der Waals surface area contributed by atoms with Crippen molar-refractivity contribution >= 4 is 17.2 Å². The Labute approximate surface area is 145 Å². The summed E-state index contributed by atoms with van der Waals surface area (Å²) in [5.74, 6) is -0.0933. The molecule has 0 bridgehead atoms. The van der Waals surface area contributed by atoms with Crippen molar-refractivity contribution in [2.45, 2.75) is 31.9 Å². The number of rotatable bonds is 5. The summed E-state index contributed by atoms with van der Waals surface area (Å²) in [5, 5.41) is 12.5. The summed E-state index contributed by atoms with van der Waals surface area (Å²) in [6, 6.07) is 9.43. The van der Waals surface area contributed by atoms with Gasteiger partial charge in [0.2, 0.25) is 0 Å². The Bertz CT molecular complexity index is 674. The highest BCUT2D eigenvalue weighted by Gasteiger charge is 2.37. The summed E-state index contributed by atoms with van der Waals surface area (Å²) in [5.41, 5.74) is 1.46. The van der Waals surface area contributed by atoms with Gasteiger partial charge < -0.3 is 14.7 Å². The van der Waals surface area contributed by atoms with Crippen LogP contribution in [0.2, 0.25) is 0 Å². The van der Waals surface area contributed by atoms with E-state index in [0.29, 0.717) is 18.8 Å². The van der Waals surface area contributed by atoms with Gasteiger partial charge in [0.25, 0.3) is 5.91 Å². The van der Waals surface area contributed by atoms with Crippen molar-refractivity contribution in [2.75, 3.05) is 19.8 Å². The number of benzene rings is 1. The first kappa shape index (κ1) is 17.1. The van der Waals surface area contributed by atoms with Crippen LogP contribution in [0, 0.1) is 0 Å². The number of amides is 1. The fraction of sp³-hybridized carbons (Fsp3) is 0.444. The first-order chi connectivity index (χ1) is 11.7. The van der Waals surface area contributed by atoms with Crippen molar-refractivity contribution in [3.05, 3.63) is 52.0 Å². The Kier molecular flexibility index (Phi) is 5.60. The van der Waals surface area contributed by atoms with E-state index >= 15 is 0 Å². The molecule has 1 amide bonds.